The van der Waals surface area contributed by atoms with E-state index in [2.05, 4.69) is 72.7 Å². The van der Waals surface area contributed by atoms with E-state index < -0.39 is 16.6 Å². The Balaban J connectivity index is 5.31. The maximum atomic E-state index is 12.3. The molecule has 0 aliphatic rings. The highest BCUT2D eigenvalue weighted by atomic mass is 28.4. The Hall–Kier alpha value is -0.886. The minimum Gasteiger partial charge on any atom is -0.531 e. The van der Waals surface area contributed by atoms with Gasteiger partial charge in [0, 0.05) is 5.57 Å². The minimum absolute atomic E-state index is 0.00163. The van der Waals surface area contributed by atoms with Gasteiger partial charge in [-0.1, -0.05) is 47.6 Å². The number of rotatable bonds is 5. The van der Waals surface area contributed by atoms with Gasteiger partial charge in [-0.25, -0.2) is 4.99 Å². The molecule has 0 saturated heterocycles. The van der Waals surface area contributed by atoms with Crippen molar-refractivity contribution in [2.45, 2.75) is 91.7 Å². The van der Waals surface area contributed by atoms with E-state index in [9.17, 15) is 4.79 Å². The molecule has 0 rings (SSSR count). The van der Waals surface area contributed by atoms with Gasteiger partial charge in [-0.15, -0.1) is 0 Å². The summed E-state index contributed by atoms with van der Waals surface area (Å²) in [5.41, 5.74) is 0.949. The fraction of sp³-hybridized carbons (Fsp3) is 0.789. The fourth-order valence-electron chi connectivity index (χ4n) is 1.36. The zero-order chi connectivity index (χ0) is 20.3. The van der Waals surface area contributed by atoms with Crippen LogP contribution in [0.25, 0.3) is 0 Å². The molecule has 6 heteroatoms. The van der Waals surface area contributed by atoms with Crippen LogP contribution in [0.5, 0.6) is 0 Å². The maximum absolute atomic E-state index is 12.3. The van der Waals surface area contributed by atoms with Crippen molar-refractivity contribution in [3.8, 4) is 0 Å². The van der Waals surface area contributed by atoms with Gasteiger partial charge in [0.05, 0.1) is 0 Å². The molecule has 0 fully saturated rings. The molecule has 0 saturated carbocycles. The van der Waals surface area contributed by atoms with Crippen LogP contribution in [-0.4, -0.2) is 35.0 Å². The second-order valence-electron chi connectivity index (χ2n) is 9.69. The number of carbonyl (C=O) groups excluding carboxylic acids is 1. The topological polar surface area (TPSA) is 47.9 Å². The van der Waals surface area contributed by atoms with Gasteiger partial charge >= 0.3 is 5.97 Å². The average molecular weight is 386 g/mol. The summed E-state index contributed by atoms with van der Waals surface area (Å²) in [5, 5.41) is 0.0650. The van der Waals surface area contributed by atoms with E-state index in [-0.39, 0.29) is 22.6 Å². The van der Waals surface area contributed by atoms with E-state index in [0.717, 1.165) is 5.57 Å². The highest BCUT2D eigenvalue weighted by Crippen LogP contribution is 2.38. The highest BCUT2D eigenvalue weighted by Gasteiger charge is 2.41. The standard InChI is InChI=1S/C19H39NO3Si2/c1-13-15(2)17(23-25(11,12)19(6,7)8)20-14-16(21)22-24(9,10)18(3,4)5/h13H,14H2,1-12H3/b15-13-,20-17?. The third-order valence-electron chi connectivity index (χ3n) is 5.46. The molecule has 146 valence electrons. The predicted molar refractivity (Wildman–Crippen MR) is 113 cm³/mol. The Morgan fingerprint density at radius 2 is 1.32 bits per heavy atom. The molecule has 0 aromatic rings. The first kappa shape index (κ1) is 24.1. The summed E-state index contributed by atoms with van der Waals surface area (Å²) in [5.74, 6) is 0.299. The first-order valence-corrected chi connectivity index (χ1v) is 14.8. The Kier molecular flexibility index (Phi) is 7.92. The second-order valence-corrected chi connectivity index (χ2v) is 19.1. The summed E-state index contributed by atoms with van der Waals surface area (Å²) in [4.78, 5) is 16.8. The van der Waals surface area contributed by atoms with Crippen LogP contribution < -0.4 is 0 Å². The Morgan fingerprint density at radius 1 is 0.920 bits per heavy atom. The number of carbonyl (C=O) groups is 1. The van der Waals surface area contributed by atoms with Crippen molar-refractivity contribution in [3.63, 3.8) is 0 Å². The molecule has 0 radical (unpaired) electrons. The fourth-order valence-corrected chi connectivity index (χ4v) is 3.32. The van der Waals surface area contributed by atoms with Gasteiger partial charge in [-0.3, -0.25) is 4.79 Å². The molecule has 0 N–H and O–H groups in total. The van der Waals surface area contributed by atoms with Gasteiger partial charge in [0.15, 0.2) is 5.90 Å². The van der Waals surface area contributed by atoms with Crippen LogP contribution in [-0.2, 0) is 13.6 Å². The van der Waals surface area contributed by atoms with Gasteiger partial charge in [0.2, 0.25) is 0 Å². The number of hydrogen-bond donors (Lipinski definition) is 0. The minimum atomic E-state index is -2.12. The molecular formula is C19H39NO3Si2. The number of aliphatic imine (C=N–C) groups is 1. The average Bonchev–Trinajstić information content (AvgIpc) is 2.39. The maximum Gasteiger partial charge on any atom is 0.314 e. The molecule has 0 heterocycles. The van der Waals surface area contributed by atoms with E-state index in [4.69, 9.17) is 8.85 Å². The van der Waals surface area contributed by atoms with Gasteiger partial charge in [0.25, 0.3) is 16.6 Å². The molecule has 0 bridgehead atoms. The summed E-state index contributed by atoms with van der Waals surface area (Å²) in [7, 11) is -4.13. The predicted octanol–water partition coefficient (Wildman–Crippen LogP) is 5.92. The number of allylic oxidation sites excluding steroid dienone is 1. The summed E-state index contributed by atoms with van der Waals surface area (Å²) in [6, 6.07) is 0. The molecule has 0 spiro atoms. The summed E-state index contributed by atoms with van der Waals surface area (Å²) < 4.78 is 12.1. The van der Waals surface area contributed by atoms with Crippen LogP contribution in [0, 0.1) is 0 Å². The van der Waals surface area contributed by atoms with E-state index >= 15 is 0 Å². The van der Waals surface area contributed by atoms with Crippen molar-refractivity contribution in [2.75, 3.05) is 6.54 Å². The highest BCUT2D eigenvalue weighted by molar-refractivity contribution is 6.76. The third kappa shape index (κ3) is 7.09. The third-order valence-corrected chi connectivity index (χ3v) is 14.1. The van der Waals surface area contributed by atoms with E-state index in [0.29, 0.717) is 5.90 Å². The molecule has 0 aliphatic heterocycles. The van der Waals surface area contributed by atoms with Crippen molar-refractivity contribution in [2.24, 2.45) is 4.99 Å². The molecule has 0 amide bonds. The lowest BCUT2D eigenvalue weighted by Gasteiger charge is -2.37. The van der Waals surface area contributed by atoms with Gasteiger partial charge in [0.1, 0.15) is 6.54 Å². The van der Waals surface area contributed by atoms with Gasteiger partial charge in [-0.05, 0) is 50.1 Å². The first-order valence-electron chi connectivity index (χ1n) is 9.03. The first-order chi connectivity index (χ1) is 10.9. The lowest BCUT2D eigenvalue weighted by atomic mass is 10.2. The van der Waals surface area contributed by atoms with Crippen LogP contribution in [0.2, 0.25) is 36.3 Å². The summed E-state index contributed by atoms with van der Waals surface area (Å²) in [6.45, 7) is 25.3. The normalized spacial score (nSPS) is 15.2. The van der Waals surface area contributed by atoms with Gasteiger partial charge in [-0.2, -0.15) is 0 Å². The number of nitrogens with zero attached hydrogens (tertiary/aromatic N) is 1. The lowest BCUT2D eigenvalue weighted by molar-refractivity contribution is -0.133. The molecule has 0 aromatic carbocycles. The van der Waals surface area contributed by atoms with Crippen LogP contribution in [0.3, 0.4) is 0 Å². The molecular weight excluding hydrogens is 346 g/mol. The van der Waals surface area contributed by atoms with Gasteiger partial charge < -0.3 is 8.85 Å². The van der Waals surface area contributed by atoms with E-state index in [1.807, 2.05) is 19.9 Å². The quantitative estimate of drug-likeness (QED) is 0.335. The van der Waals surface area contributed by atoms with Crippen molar-refractivity contribution in [3.05, 3.63) is 11.6 Å². The van der Waals surface area contributed by atoms with Crippen molar-refractivity contribution < 1.29 is 13.6 Å². The zero-order valence-corrected chi connectivity index (χ0v) is 20.5. The van der Waals surface area contributed by atoms with Crippen molar-refractivity contribution in [1.82, 2.24) is 0 Å². The van der Waals surface area contributed by atoms with Crippen LogP contribution in [0.4, 0.5) is 0 Å². The Labute approximate surface area is 157 Å². The smallest absolute Gasteiger partial charge is 0.314 e. The van der Waals surface area contributed by atoms with E-state index in [1.165, 1.54) is 0 Å². The molecule has 0 aliphatic carbocycles. The monoisotopic (exact) mass is 385 g/mol. The second kappa shape index (κ2) is 8.21. The Morgan fingerprint density at radius 3 is 1.68 bits per heavy atom. The molecule has 0 unspecified atom stereocenters. The molecule has 4 nitrogen and oxygen atoms in total. The summed E-state index contributed by atoms with van der Waals surface area (Å²) >= 11 is 0. The van der Waals surface area contributed by atoms with Crippen LogP contribution >= 0.6 is 0 Å². The largest absolute Gasteiger partial charge is 0.531 e. The van der Waals surface area contributed by atoms with Crippen LogP contribution in [0.15, 0.2) is 16.6 Å². The number of hydrogen-bond acceptors (Lipinski definition) is 4. The summed E-state index contributed by atoms with van der Waals surface area (Å²) in [6.07, 6.45) is 1.96. The van der Waals surface area contributed by atoms with Crippen molar-refractivity contribution in [1.29, 1.82) is 0 Å². The molecule has 0 aromatic heterocycles. The molecule has 25 heavy (non-hydrogen) atoms. The Bertz CT molecular complexity index is 536. The SMILES string of the molecule is C/C=C(/C)C(=NCC(=O)O[Si](C)(C)C(C)(C)C)O[Si](C)(C)C(C)(C)C. The molecule has 0 atom stereocenters. The van der Waals surface area contributed by atoms with E-state index in [1.54, 1.807) is 0 Å². The lowest BCUT2D eigenvalue weighted by Crippen LogP contribution is -2.44. The zero-order valence-electron chi connectivity index (χ0n) is 18.5. The van der Waals surface area contributed by atoms with Crippen LogP contribution in [0.1, 0.15) is 55.4 Å². The van der Waals surface area contributed by atoms with Crippen molar-refractivity contribution >= 4 is 28.5 Å².